The maximum atomic E-state index is 13.7. The number of allylic oxidation sites excluding steroid dienone is 2. The monoisotopic (exact) mass is 551 g/mol. The first-order valence-electron chi connectivity index (χ1n) is 14.2. The average Bonchev–Trinajstić information content (AvgIpc) is 3.12. The Hall–Kier alpha value is -2.41. The Balaban J connectivity index is 2.12. The second-order valence-corrected chi connectivity index (χ2v) is 17.5. The van der Waals surface area contributed by atoms with Gasteiger partial charge >= 0.3 is 6.09 Å². The summed E-state index contributed by atoms with van der Waals surface area (Å²) in [5, 5.41) is 2.25. The molecule has 0 saturated carbocycles. The molecular formula is C33H49NO4Si. The number of benzene rings is 2. The second-order valence-electron chi connectivity index (χ2n) is 13.2. The van der Waals surface area contributed by atoms with Crippen LogP contribution >= 0.6 is 0 Å². The number of nitrogens with zero attached hydrogens (tertiary/aromatic N) is 1. The van der Waals surface area contributed by atoms with Crippen LogP contribution < -0.4 is 10.4 Å². The Morgan fingerprint density at radius 3 is 1.95 bits per heavy atom. The number of amides is 1. The molecule has 5 nitrogen and oxygen atoms in total. The summed E-state index contributed by atoms with van der Waals surface area (Å²) in [6.07, 6.45) is 4.51. The highest BCUT2D eigenvalue weighted by Crippen LogP contribution is 2.41. The van der Waals surface area contributed by atoms with Gasteiger partial charge < -0.3 is 13.9 Å². The first-order valence-corrected chi connectivity index (χ1v) is 16.1. The van der Waals surface area contributed by atoms with Gasteiger partial charge in [0.25, 0.3) is 8.32 Å². The van der Waals surface area contributed by atoms with E-state index in [2.05, 4.69) is 88.4 Å². The predicted molar refractivity (Wildman–Crippen MR) is 163 cm³/mol. The lowest BCUT2D eigenvalue weighted by molar-refractivity contribution is -0.0875. The van der Waals surface area contributed by atoms with Crippen molar-refractivity contribution in [3.05, 3.63) is 72.8 Å². The minimum absolute atomic E-state index is 0.173. The predicted octanol–water partition coefficient (Wildman–Crippen LogP) is 6.91. The first-order chi connectivity index (χ1) is 18.1. The molecule has 0 unspecified atom stereocenters. The smallest absolute Gasteiger partial charge is 0.412 e. The van der Waals surface area contributed by atoms with Crippen LogP contribution in [0.5, 0.6) is 0 Å². The van der Waals surface area contributed by atoms with Gasteiger partial charge in [-0.2, -0.15) is 0 Å². The fourth-order valence-electron chi connectivity index (χ4n) is 5.80. The molecule has 0 aliphatic carbocycles. The van der Waals surface area contributed by atoms with E-state index in [4.69, 9.17) is 13.9 Å². The molecule has 1 heterocycles. The Bertz CT molecular complexity index is 1060. The molecule has 0 aromatic heterocycles. The van der Waals surface area contributed by atoms with Crippen LogP contribution in [0.2, 0.25) is 5.04 Å². The second kappa shape index (κ2) is 12.0. The zero-order chi connectivity index (χ0) is 29.1. The third kappa shape index (κ3) is 6.84. The molecule has 3 rings (SSSR count). The van der Waals surface area contributed by atoms with Gasteiger partial charge in [0.15, 0.2) is 0 Å². The maximum Gasteiger partial charge on any atom is 0.412 e. The van der Waals surface area contributed by atoms with Gasteiger partial charge in [-0.1, -0.05) is 101 Å². The summed E-state index contributed by atoms with van der Waals surface area (Å²) in [6.45, 7) is 21.0. The lowest BCUT2D eigenvalue weighted by Gasteiger charge is -2.44. The molecule has 2 aromatic rings. The van der Waals surface area contributed by atoms with Crippen LogP contribution in [-0.2, 0) is 13.9 Å². The number of ether oxygens (including phenoxy) is 2. The fraction of sp³-hybridized carbons (Fsp3) is 0.545. The highest BCUT2D eigenvalue weighted by molar-refractivity contribution is 6.99. The van der Waals surface area contributed by atoms with Gasteiger partial charge in [-0.15, -0.1) is 0 Å². The van der Waals surface area contributed by atoms with Gasteiger partial charge in [-0.3, -0.25) is 4.90 Å². The summed E-state index contributed by atoms with van der Waals surface area (Å²) >= 11 is 0. The van der Waals surface area contributed by atoms with E-state index >= 15 is 0 Å². The molecule has 0 radical (unpaired) electrons. The van der Waals surface area contributed by atoms with E-state index < -0.39 is 19.6 Å². The van der Waals surface area contributed by atoms with Gasteiger partial charge in [0.2, 0.25) is 0 Å². The van der Waals surface area contributed by atoms with Crippen LogP contribution in [0, 0.1) is 5.92 Å². The van der Waals surface area contributed by atoms with E-state index in [1.807, 2.05) is 53.7 Å². The topological polar surface area (TPSA) is 48.0 Å². The lowest BCUT2D eigenvalue weighted by Crippen LogP contribution is -2.67. The van der Waals surface area contributed by atoms with E-state index in [9.17, 15) is 4.79 Å². The Labute approximate surface area is 237 Å². The van der Waals surface area contributed by atoms with Crippen molar-refractivity contribution in [3.63, 3.8) is 0 Å². The molecule has 1 aliphatic heterocycles. The summed E-state index contributed by atoms with van der Waals surface area (Å²) < 4.78 is 19.9. The van der Waals surface area contributed by atoms with Crippen molar-refractivity contribution >= 4 is 24.8 Å². The van der Waals surface area contributed by atoms with Gasteiger partial charge in [0.05, 0.1) is 18.8 Å². The third-order valence-electron chi connectivity index (χ3n) is 7.50. The average molecular weight is 552 g/mol. The van der Waals surface area contributed by atoms with Gasteiger partial charge in [-0.25, -0.2) is 4.79 Å². The van der Waals surface area contributed by atoms with Crippen LogP contribution in [0.15, 0.2) is 72.8 Å². The molecule has 0 spiro atoms. The third-order valence-corrected chi connectivity index (χ3v) is 12.5. The molecule has 39 heavy (non-hydrogen) atoms. The molecule has 6 heteroatoms. The largest absolute Gasteiger partial charge is 0.444 e. The highest BCUT2D eigenvalue weighted by atomic mass is 28.4. The molecule has 1 fully saturated rings. The van der Waals surface area contributed by atoms with Crippen molar-refractivity contribution in [2.24, 2.45) is 5.92 Å². The lowest BCUT2D eigenvalue weighted by atomic mass is 9.95. The summed E-state index contributed by atoms with van der Waals surface area (Å²) in [4.78, 5) is 15.5. The van der Waals surface area contributed by atoms with E-state index in [0.717, 1.165) is 6.42 Å². The molecule has 214 valence electrons. The Kier molecular flexibility index (Phi) is 9.57. The zero-order valence-electron chi connectivity index (χ0n) is 25.7. The van der Waals surface area contributed by atoms with Crippen molar-refractivity contribution in [1.29, 1.82) is 0 Å². The normalized spacial score (nSPS) is 20.8. The minimum atomic E-state index is -2.81. The van der Waals surface area contributed by atoms with E-state index in [0.29, 0.717) is 6.61 Å². The summed E-state index contributed by atoms with van der Waals surface area (Å²) in [5.74, 6) is 0.181. The maximum absolute atomic E-state index is 13.7. The number of carbonyl (C=O) groups excluding carboxylic acids is 1. The van der Waals surface area contributed by atoms with Crippen molar-refractivity contribution in [2.45, 2.75) is 104 Å². The number of hydrogen-bond donors (Lipinski definition) is 0. The first kappa shape index (κ1) is 31.1. The van der Waals surface area contributed by atoms with Crippen molar-refractivity contribution in [2.75, 3.05) is 6.61 Å². The minimum Gasteiger partial charge on any atom is -0.444 e. The molecule has 1 aliphatic rings. The highest BCUT2D eigenvalue weighted by Gasteiger charge is 2.55. The summed E-state index contributed by atoms with van der Waals surface area (Å²) in [6, 6.07) is 20.9. The van der Waals surface area contributed by atoms with Crippen molar-refractivity contribution < 1.29 is 18.7 Å². The molecule has 3 atom stereocenters. The summed E-state index contributed by atoms with van der Waals surface area (Å²) in [7, 11) is -2.81. The van der Waals surface area contributed by atoms with Crippen LogP contribution in [0.4, 0.5) is 4.79 Å². The zero-order valence-corrected chi connectivity index (χ0v) is 26.7. The summed E-state index contributed by atoms with van der Waals surface area (Å²) in [5.41, 5.74) is -1.46. The Morgan fingerprint density at radius 2 is 1.51 bits per heavy atom. The molecular weight excluding hydrogens is 502 g/mol. The Morgan fingerprint density at radius 1 is 1.00 bits per heavy atom. The van der Waals surface area contributed by atoms with Gasteiger partial charge in [0, 0.05) is 0 Å². The van der Waals surface area contributed by atoms with E-state index in [-0.39, 0.29) is 29.2 Å². The van der Waals surface area contributed by atoms with E-state index in [1.165, 1.54) is 10.4 Å². The number of rotatable bonds is 8. The quantitative estimate of drug-likeness (QED) is 0.264. The van der Waals surface area contributed by atoms with Gasteiger partial charge in [0.1, 0.15) is 11.3 Å². The van der Waals surface area contributed by atoms with Crippen LogP contribution in [0.1, 0.15) is 75.7 Å². The molecule has 2 aromatic carbocycles. The van der Waals surface area contributed by atoms with Crippen LogP contribution in [0.3, 0.4) is 0 Å². The van der Waals surface area contributed by atoms with Gasteiger partial charge in [-0.05, 0) is 69.3 Å². The standard InChI is InChI=1S/C33H49NO4Si/c1-11-12-19-25(2)29-28(34(33(9,10)37-29)30(35)38-31(3,4)5)24-36-39(32(6,7)8,26-20-15-13-16-21-26)27-22-17-14-18-23-27/h11-18,20-23,25,28-29H,19,24H2,1-10H3/b12-11+/t25-,28-,29-/m1/s1. The molecule has 0 N–H and O–H groups in total. The van der Waals surface area contributed by atoms with Crippen molar-refractivity contribution in [1.82, 2.24) is 4.90 Å². The van der Waals surface area contributed by atoms with Crippen molar-refractivity contribution in [3.8, 4) is 0 Å². The molecule has 1 amide bonds. The SMILES string of the molecule is C/C=C/C[C@@H](C)[C@H]1OC(C)(C)N(C(=O)OC(C)(C)C)[C@@H]1CO[Si](c1ccccc1)(c1ccccc1)C(C)(C)C. The molecule has 0 bridgehead atoms. The number of hydrogen-bond acceptors (Lipinski definition) is 4. The molecule has 1 saturated heterocycles. The van der Waals surface area contributed by atoms with Crippen LogP contribution in [-0.4, -0.2) is 49.4 Å². The van der Waals surface area contributed by atoms with E-state index in [1.54, 1.807) is 4.90 Å². The van der Waals surface area contributed by atoms with Crippen LogP contribution in [0.25, 0.3) is 0 Å². The fourth-order valence-corrected chi connectivity index (χ4v) is 10.4. The number of carbonyl (C=O) groups is 1.